The Kier molecular flexibility index (Phi) is 4.23. The Morgan fingerprint density at radius 1 is 0.895 bits per heavy atom. The van der Waals surface area contributed by atoms with Gasteiger partial charge in [0.05, 0.1) is 0 Å². The Hall–Kier alpha value is -1.58. The molecule has 0 saturated heterocycles. The molecule has 1 saturated carbocycles. The predicted molar refractivity (Wildman–Crippen MR) is 72.5 cm³/mol. The second-order valence-electron chi connectivity index (χ2n) is 5.92. The fourth-order valence-corrected chi connectivity index (χ4v) is 2.29. The van der Waals surface area contributed by atoms with Crippen LogP contribution in [0.4, 0.5) is 0 Å². The number of carbonyl (C=O) groups is 2. The lowest BCUT2D eigenvalue weighted by Crippen LogP contribution is -2.35. The number of hydrogen-bond acceptors (Lipinski definition) is 4. The largest absolute Gasteiger partial charge is 0.456 e. The summed E-state index contributed by atoms with van der Waals surface area (Å²) in [5.41, 5.74) is -0.484. The summed E-state index contributed by atoms with van der Waals surface area (Å²) in [5, 5.41) is 0. The third-order valence-corrected chi connectivity index (χ3v) is 3.31. The predicted octanol–water partition coefficient (Wildman–Crippen LogP) is 2.93. The Balaban J connectivity index is 2.70. The van der Waals surface area contributed by atoms with Crippen molar-refractivity contribution < 1.29 is 19.1 Å². The van der Waals surface area contributed by atoms with Crippen LogP contribution < -0.4 is 0 Å². The summed E-state index contributed by atoms with van der Waals surface area (Å²) in [6.45, 7) is 14.1. The third kappa shape index (κ3) is 3.94. The van der Waals surface area contributed by atoms with Crippen molar-refractivity contribution in [2.24, 2.45) is 0 Å². The number of hydrogen-bond donors (Lipinski definition) is 0. The maximum atomic E-state index is 11.6. The van der Waals surface area contributed by atoms with E-state index in [-0.39, 0.29) is 0 Å². The lowest BCUT2D eigenvalue weighted by atomic mass is 10.00. The van der Waals surface area contributed by atoms with Gasteiger partial charge in [0, 0.05) is 17.6 Å². The van der Waals surface area contributed by atoms with E-state index in [1.807, 2.05) is 13.8 Å². The van der Waals surface area contributed by atoms with Crippen LogP contribution in [-0.2, 0) is 19.1 Å². The molecule has 19 heavy (non-hydrogen) atoms. The quantitative estimate of drug-likeness (QED) is 0.580. The second kappa shape index (κ2) is 5.19. The maximum Gasteiger partial charge on any atom is 0.333 e. The highest BCUT2D eigenvalue weighted by Crippen LogP contribution is 2.42. The van der Waals surface area contributed by atoms with Crippen LogP contribution in [0.25, 0.3) is 0 Å². The molecule has 0 radical (unpaired) electrons. The van der Waals surface area contributed by atoms with Crippen molar-refractivity contribution in [1.82, 2.24) is 0 Å². The van der Waals surface area contributed by atoms with E-state index in [1.165, 1.54) is 0 Å². The summed E-state index contributed by atoms with van der Waals surface area (Å²) in [6, 6.07) is 0. The van der Waals surface area contributed by atoms with Crippen LogP contribution in [0.15, 0.2) is 24.3 Å². The van der Waals surface area contributed by atoms with Crippen molar-refractivity contribution in [3.63, 3.8) is 0 Å². The van der Waals surface area contributed by atoms with E-state index in [9.17, 15) is 9.59 Å². The van der Waals surface area contributed by atoms with E-state index in [0.717, 1.165) is 0 Å². The van der Waals surface area contributed by atoms with Crippen LogP contribution in [0.2, 0.25) is 0 Å². The Morgan fingerprint density at radius 2 is 1.21 bits per heavy atom. The number of carbonyl (C=O) groups excluding carboxylic acids is 2. The Bertz CT molecular complexity index is 397. The molecular weight excluding hydrogens is 244 g/mol. The maximum absolute atomic E-state index is 11.6. The first-order chi connectivity index (χ1) is 8.57. The van der Waals surface area contributed by atoms with Gasteiger partial charge in [-0.15, -0.1) is 0 Å². The minimum Gasteiger partial charge on any atom is -0.456 e. The number of rotatable bonds is 4. The van der Waals surface area contributed by atoms with Crippen LogP contribution in [0, 0.1) is 0 Å². The standard InChI is InChI=1S/C15H22O4/c1-10(2)12(16)18-14(5)7-8-15(6,9-14)19-13(17)11(3)4/h1,3,7-9H2,2,4-6H3. The van der Waals surface area contributed by atoms with Gasteiger partial charge >= 0.3 is 11.9 Å². The molecule has 0 aromatic heterocycles. The minimum absolute atomic E-state index is 0.369. The summed E-state index contributed by atoms with van der Waals surface area (Å²) in [6.07, 6.45) is 1.80. The topological polar surface area (TPSA) is 52.6 Å². The smallest absolute Gasteiger partial charge is 0.333 e. The first-order valence-electron chi connectivity index (χ1n) is 6.35. The van der Waals surface area contributed by atoms with Gasteiger partial charge in [0.2, 0.25) is 0 Å². The van der Waals surface area contributed by atoms with Crippen molar-refractivity contribution in [2.75, 3.05) is 0 Å². The molecule has 1 aliphatic carbocycles. The third-order valence-electron chi connectivity index (χ3n) is 3.31. The zero-order valence-corrected chi connectivity index (χ0v) is 12.2. The van der Waals surface area contributed by atoms with Gasteiger partial charge in [0.1, 0.15) is 11.2 Å². The van der Waals surface area contributed by atoms with Gasteiger partial charge in [-0.1, -0.05) is 13.2 Å². The fourth-order valence-electron chi connectivity index (χ4n) is 2.29. The van der Waals surface area contributed by atoms with Crippen LogP contribution in [0.5, 0.6) is 0 Å². The van der Waals surface area contributed by atoms with E-state index in [4.69, 9.17) is 9.47 Å². The molecular formula is C15H22O4. The van der Waals surface area contributed by atoms with Gasteiger partial charge in [-0.3, -0.25) is 0 Å². The second-order valence-corrected chi connectivity index (χ2v) is 5.92. The monoisotopic (exact) mass is 266 g/mol. The van der Waals surface area contributed by atoms with E-state index >= 15 is 0 Å². The summed E-state index contributed by atoms with van der Waals surface area (Å²) in [7, 11) is 0. The van der Waals surface area contributed by atoms with Gasteiger partial charge in [-0.2, -0.15) is 0 Å². The molecule has 1 aliphatic rings. The minimum atomic E-state index is -0.611. The lowest BCUT2D eigenvalue weighted by molar-refractivity contribution is -0.159. The van der Waals surface area contributed by atoms with Gasteiger partial charge < -0.3 is 9.47 Å². The Labute approximate surface area is 114 Å². The molecule has 106 valence electrons. The van der Waals surface area contributed by atoms with Crippen molar-refractivity contribution in [3.8, 4) is 0 Å². The van der Waals surface area contributed by atoms with Gasteiger partial charge in [0.15, 0.2) is 0 Å². The highest BCUT2D eigenvalue weighted by molar-refractivity contribution is 5.88. The summed E-state index contributed by atoms with van der Waals surface area (Å²) in [4.78, 5) is 23.2. The van der Waals surface area contributed by atoms with Crippen LogP contribution in [0.1, 0.15) is 47.0 Å². The van der Waals surface area contributed by atoms with E-state index < -0.39 is 23.1 Å². The molecule has 4 heteroatoms. The van der Waals surface area contributed by atoms with E-state index in [2.05, 4.69) is 13.2 Å². The van der Waals surface area contributed by atoms with Gasteiger partial charge in [-0.05, 0) is 40.5 Å². The first-order valence-corrected chi connectivity index (χ1v) is 6.35. The van der Waals surface area contributed by atoms with Crippen molar-refractivity contribution in [3.05, 3.63) is 24.3 Å². The molecule has 1 fully saturated rings. The zero-order chi connectivity index (χ0) is 14.8. The summed E-state index contributed by atoms with van der Waals surface area (Å²) >= 11 is 0. The molecule has 2 atom stereocenters. The lowest BCUT2D eigenvalue weighted by Gasteiger charge is -2.29. The number of esters is 2. The normalized spacial score (nSPS) is 29.7. The molecule has 0 N–H and O–H groups in total. The SMILES string of the molecule is C=C(C)C(=O)OC1(C)CCC(C)(OC(=O)C(=C)C)C1. The zero-order valence-electron chi connectivity index (χ0n) is 12.2. The first kappa shape index (κ1) is 15.5. The molecule has 0 bridgehead atoms. The van der Waals surface area contributed by atoms with Crippen molar-refractivity contribution >= 4 is 11.9 Å². The molecule has 0 spiro atoms. The molecule has 0 aromatic carbocycles. The molecule has 2 unspecified atom stereocenters. The van der Waals surface area contributed by atoms with Crippen molar-refractivity contribution in [2.45, 2.75) is 58.2 Å². The highest BCUT2D eigenvalue weighted by Gasteiger charge is 2.47. The fraction of sp³-hybridized carbons (Fsp3) is 0.600. The molecule has 0 heterocycles. The van der Waals surface area contributed by atoms with Crippen molar-refractivity contribution in [1.29, 1.82) is 0 Å². The summed E-state index contributed by atoms with van der Waals surface area (Å²) < 4.78 is 10.9. The van der Waals surface area contributed by atoms with Gasteiger partial charge in [0.25, 0.3) is 0 Å². The van der Waals surface area contributed by atoms with Gasteiger partial charge in [-0.25, -0.2) is 9.59 Å². The van der Waals surface area contributed by atoms with Crippen LogP contribution >= 0.6 is 0 Å². The summed E-state index contributed by atoms with van der Waals surface area (Å²) in [5.74, 6) is -0.809. The Morgan fingerprint density at radius 3 is 1.47 bits per heavy atom. The average Bonchev–Trinajstić information content (AvgIpc) is 2.54. The molecule has 1 rings (SSSR count). The van der Waals surface area contributed by atoms with E-state index in [1.54, 1.807) is 13.8 Å². The van der Waals surface area contributed by atoms with Crippen LogP contribution in [0.3, 0.4) is 0 Å². The molecule has 0 amide bonds. The molecule has 0 aromatic rings. The average molecular weight is 266 g/mol. The van der Waals surface area contributed by atoms with E-state index in [0.29, 0.717) is 30.4 Å². The van der Waals surface area contributed by atoms with Crippen LogP contribution in [-0.4, -0.2) is 23.1 Å². The highest BCUT2D eigenvalue weighted by atomic mass is 16.6. The number of ether oxygens (including phenoxy) is 2. The molecule has 0 aliphatic heterocycles. The molecule has 4 nitrogen and oxygen atoms in total.